The van der Waals surface area contributed by atoms with E-state index in [9.17, 15) is 19.5 Å². The van der Waals surface area contributed by atoms with Gasteiger partial charge in [-0.2, -0.15) is 0 Å². The van der Waals surface area contributed by atoms with Gasteiger partial charge in [-0.05, 0) is 161 Å². The molecule has 0 amide bonds. The lowest BCUT2D eigenvalue weighted by molar-refractivity contribution is -0.143. The van der Waals surface area contributed by atoms with E-state index < -0.39 is 22.4 Å². The number of esters is 2. The quantitative estimate of drug-likeness (QED) is 0.151. The van der Waals surface area contributed by atoms with Crippen molar-refractivity contribution in [2.45, 2.75) is 203 Å². The van der Waals surface area contributed by atoms with Crippen molar-refractivity contribution in [3.8, 4) is 23.0 Å². The molecule has 0 saturated carbocycles. The van der Waals surface area contributed by atoms with Crippen LogP contribution in [0.15, 0.2) is 47.6 Å². The Labute approximate surface area is 373 Å². The Morgan fingerprint density at radius 1 is 0.645 bits per heavy atom. The van der Waals surface area contributed by atoms with Crippen LogP contribution >= 0.6 is 0 Å². The molecule has 8 heteroatoms. The standard InChI is InChI=1S/C27H38O5.C27H40O3/c1-9-12-26(5,6)17-14-20(31-24(30)25(2,3)4)22-18-13-16(23(28)29)10-11-19(18)27(7,8)32-21(22)15-17;1-10-13-26(6,7)18-15-21(29-24(28)25(3,4)5)23-19-14-17(2)11-12-20(19)27(8,9)30-22(23)16-18/h10,14-15,18-19H,9,11-13H2,1-8H3,(H,28,29);11,15-16,19-20H,10,12-14H2,1-9H3/t18-,19-;19-,20-/m11/s1. The number of carbonyl (C=O) groups excluding carboxylic acids is 2. The number of allylic oxidation sites excluding steroid dienone is 3. The number of carboxylic acid groups (broad SMARTS) is 1. The zero-order valence-corrected chi connectivity index (χ0v) is 41.2. The van der Waals surface area contributed by atoms with Gasteiger partial charge in [0.05, 0.1) is 10.8 Å². The van der Waals surface area contributed by atoms with E-state index in [1.807, 2.05) is 53.7 Å². The van der Waals surface area contributed by atoms with E-state index in [0.717, 1.165) is 61.0 Å². The minimum atomic E-state index is -0.886. The summed E-state index contributed by atoms with van der Waals surface area (Å²) in [6.07, 6.45) is 11.4. The molecule has 0 aromatic heterocycles. The van der Waals surface area contributed by atoms with Crippen LogP contribution in [0.1, 0.15) is 203 Å². The molecule has 2 heterocycles. The molecule has 62 heavy (non-hydrogen) atoms. The van der Waals surface area contributed by atoms with Crippen molar-refractivity contribution < 1.29 is 38.4 Å². The highest BCUT2D eigenvalue weighted by atomic mass is 16.5. The van der Waals surface area contributed by atoms with Crippen molar-refractivity contribution in [3.63, 3.8) is 0 Å². The van der Waals surface area contributed by atoms with E-state index in [4.69, 9.17) is 18.9 Å². The molecule has 8 nitrogen and oxygen atoms in total. The zero-order valence-electron chi connectivity index (χ0n) is 41.2. The Morgan fingerprint density at radius 3 is 1.40 bits per heavy atom. The van der Waals surface area contributed by atoms with Crippen molar-refractivity contribution >= 4 is 17.9 Å². The summed E-state index contributed by atoms with van der Waals surface area (Å²) in [5, 5.41) is 9.65. The van der Waals surface area contributed by atoms with Gasteiger partial charge in [0, 0.05) is 40.4 Å². The first-order valence-corrected chi connectivity index (χ1v) is 23.2. The normalized spacial score (nSPS) is 22.6. The van der Waals surface area contributed by atoms with Crippen molar-refractivity contribution in [2.24, 2.45) is 22.7 Å². The van der Waals surface area contributed by atoms with Crippen LogP contribution in [-0.2, 0) is 25.2 Å². The van der Waals surface area contributed by atoms with Gasteiger partial charge in [-0.3, -0.25) is 9.59 Å². The van der Waals surface area contributed by atoms with Crippen LogP contribution in [0, 0.1) is 22.7 Å². The number of ether oxygens (including phenoxy) is 4. The zero-order chi connectivity index (χ0) is 46.5. The van der Waals surface area contributed by atoms with Crippen LogP contribution in [0.25, 0.3) is 0 Å². The minimum absolute atomic E-state index is 0.0145. The van der Waals surface area contributed by atoms with Crippen LogP contribution < -0.4 is 18.9 Å². The maximum atomic E-state index is 12.9. The van der Waals surface area contributed by atoms with Crippen molar-refractivity contribution in [1.29, 1.82) is 0 Å². The SMILES string of the molecule is CCCC(C)(C)c1cc(OC(=O)C(C)(C)C)c2c(c1)OC(C)(C)[C@@H]1CC=C(C(=O)O)C[C@@H]21.CCCC(C)(C)c1cc(OC(=O)C(C)(C)C)c2c(c1)OC(C)(C)[C@@H]1CC=C(C)C[C@@H]21. The fraction of sp³-hybridized carbons (Fsp3) is 0.648. The Morgan fingerprint density at radius 2 is 1.03 bits per heavy atom. The van der Waals surface area contributed by atoms with Crippen molar-refractivity contribution in [2.75, 3.05) is 0 Å². The van der Waals surface area contributed by atoms with Gasteiger partial charge in [-0.15, -0.1) is 0 Å². The number of fused-ring (bicyclic) bond motifs is 6. The van der Waals surface area contributed by atoms with Crippen LogP contribution in [0.2, 0.25) is 0 Å². The summed E-state index contributed by atoms with van der Waals surface area (Å²) in [5.74, 6) is 2.12. The highest BCUT2D eigenvalue weighted by Gasteiger charge is 2.49. The average Bonchev–Trinajstić information content (AvgIpc) is 3.13. The number of carbonyl (C=O) groups is 3. The second-order valence-corrected chi connectivity index (χ2v) is 23.1. The molecule has 1 N–H and O–H groups in total. The maximum Gasteiger partial charge on any atom is 0.331 e. The Balaban J connectivity index is 0.000000235. The third-order valence-electron chi connectivity index (χ3n) is 14.0. The summed E-state index contributed by atoms with van der Waals surface area (Å²) in [5.41, 5.74) is 3.91. The van der Waals surface area contributed by atoms with Crippen LogP contribution in [0.3, 0.4) is 0 Å². The lowest BCUT2D eigenvalue weighted by Gasteiger charge is -2.47. The lowest BCUT2D eigenvalue weighted by Crippen LogP contribution is -2.46. The van der Waals surface area contributed by atoms with E-state index in [2.05, 4.69) is 100 Å². The fourth-order valence-electron chi connectivity index (χ4n) is 10.1. The molecule has 2 aliphatic carbocycles. The summed E-state index contributed by atoms with van der Waals surface area (Å²) < 4.78 is 25.3. The molecule has 0 spiro atoms. The molecule has 0 bridgehead atoms. The first-order chi connectivity index (χ1) is 28.4. The molecule has 2 aromatic rings. The third kappa shape index (κ3) is 10.3. The van der Waals surface area contributed by atoms with Gasteiger partial charge < -0.3 is 24.1 Å². The molecule has 0 unspecified atom stereocenters. The van der Waals surface area contributed by atoms with E-state index in [1.54, 1.807) is 0 Å². The molecule has 2 aromatic carbocycles. The highest BCUT2D eigenvalue weighted by molar-refractivity contribution is 5.87. The Kier molecular flexibility index (Phi) is 13.8. The topological polar surface area (TPSA) is 108 Å². The summed E-state index contributed by atoms with van der Waals surface area (Å²) >= 11 is 0. The predicted molar refractivity (Wildman–Crippen MR) is 249 cm³/mol. The molecule has 4 atom stereocenters. The second kappa shape index (κ2) is 17.5. The van der Waals surface area contributed by atoms with Gasteiger partial charge in [-0.25, -0.2) is 4.79 Å². The van der Waals surface area contributed by atoms with Crippen LogP contribution in [0.4, 0.5) is 0 Å². The van der Waals surface area contributed by atoms with Gasteiger partial charge in [0.1, 0.15) is 34.2 Å². The number of hydrogen-bond acceptors (Lipinski definition) is 7. The third-order valence-corrected chi connectivity index (χ3v) is 14.0. The summed E-state index contributed by atoms with van der Waals surface area (Å²) in [6, 6.07) is 8.39. The molecular weight excluding hydrogens is 777 g/mol. The first-order valence-electron chi connectivity index (χ1n) is 23.2. The molecule has 0 saturated heterocycles. The lowest BCUT2D eigenvalue weighted by atomic mass is 9.66. The van der Waals surface area contributed by atoms with E-state index in [0.29, 0.717) is 47.5 Å². The number of rotatable bonds is 9. The molecule has 342 valence electrons. The monoisotopic (exact) mass is 855 g/mol. The highest BCUT2D eigenvalue weighted by Crippen LogP contribution is 2.57. The number of hydrogen-bond donors (Lipinski definition) is 1. The van der Waals surface area contributed by atoms with Crippen LogP contribution in [-0.4, -0.2) is 34.2 Å². The molecule has 4 aliphatic rings. The van der Waals surface area contributed by atoms with Gasteiger partial charge in [0.25, 0.3) is 0 Å². The van der Waals surface area contributed by atoms with E-state index >= 15 is 0 Å². The largest absolute Gasteiger partial charge is 0.487 e. The molecule has 0 fully saturated rings. The molecular formula is C54H78O8. The van der Waals surface area contributed by atoms with E-state index in [-0.39, 0.29) is 40.2 Å². The predicted octanol–water partition coefficient (Wildman–Crippen LogP) is 13.7. The Bertz CT molecular complexity index is 2100. The van der Waals surface area contributed by atoms with Gasteiger partial charge >= 0.3 is 17.9 Å². The Hall–Kier alpha value is -4.07. The van der Waals surface area contributed by atoms with Gasteiger partial charge in [-0.1, -0.05) is 72.1 Å². The number of benzene rings is 2. The summed E-state index contributed by atoms with van der Waals surface area (Å²) in [6.45, 7) is 35.2. The summed E-state index contributed by atoms with van der Waals surface area (Å²) in [4.78, 5) is 37.6. The molecule has 2 aliphatic heterocycles. The van der Waals surface area contributed by atoms with Gasteiger partial charge in [0.2, 0.25) is 0 Å². The van der Waals surface area contributed by atoms with Crippen molar-refractivity contribution in [3.05, 3.63) is 69.8 Å². The number of aliphatic carboxylic acids is 1. The van der Waals surface area contributed by atoms with Gasteiger partial charge in [0.15, 0.2) is 0 Å². The van der Waals surface area contributed by atoms with Crippen molar-refractivity contribution in [1.82, 2.24) is 0 Å². The first kappa shape index (κ1) is 49.0. The molecule has 6 rings (SSSR count). The number of carboxylic acids is 1. The summed E-state index contributed by atoms with van der Waals surface area (Å²) in [7, 11) is 0. The smallest absolute Gasteiger partial charge is 0.331 e. The van der Waals surface area contributed by atoms with Crippen LogP contribution in [0.5, 0.6) is 23.0 Å². The average molecular weight is 855 g/mol. The fourth-order valence-corrected chi connectivity index (χ4v) is 10.1. The molecule has 0 radical (unpaired) electrons. The van der Waals surface area contributed by atoms with E-state index in [1.165, 1.54) is 11.1 Å². The maximum absolute atomic E-state index is 12.9. The second-order valence-electron chi connectivity index (χ2n) is 23.1. The minimum Gasteiger partial charge on any atom is -0.487 e.